The Balaban J connectivity index is 1.95. The van der Waals surface area contributed by atoms with Gasteiger partial charge in [-0.2, -0.15) is 0 Å². The monoisotopic (exact) mass is 293 g/mol. The topological polar surface area (TPSA) is 51.0 Å². The van der Waals surface area contributed by atoms with Gasteiger partial charge in [0.15, 0.2) is 0 Å². The van der Waals surface area contributed by atoms with Crippen molar-refractivity contribution in [1.82, 2.24) is 4.90 Å². The molecule has 0 spiro atoms. The number of hydrogen-bond acceptors (Lipinski definition) is 5. The van der Waals surface area contributed by atoms with Crippen LogP contribution < -0.4 is 15.4 Å². The molecular weight excluding hydrogens is 266 g/mol. The zero-order chi connectivity index (χ0) is 15.3. The zero-order valence-electron chi connectivity index (χ0n) is 13.3. The summed E-state index contributed by atoms with van der Waals surface area (Å²) >= 11 is 0. The first-order valence-electron chi connectivity index (χ1n) is 7.46. The smallest absolute Gasteiger partial charge is 0.119 e. The lowest BCUT2D eigenvalue weighted by Gasteiger charge is -2.45. The van der Waals surface area contributed by atoms with Crippen molar-refractivity contribution in [2.24, 2.45) is 5.73 Å². The molecule has 0 saturated carbocycles. The van der Waals surface area contributed by atoms with Crippen LogP contribution in [0, 0.1) is 0 Å². The Morgan fingerprint density at radius 3 is 2.19 bits per heavy atom. The SMILES string of the molecule is COCC(C)(CN)N1CCN(c2ccc(OC)cc2)CC1. The average molecular weight is 293 g/mol. The van der Waals surface area contributed by atoms with Crippen molar-refractivity contribution in [3.8, 4) is 5.75 Å². The molecule has 1 heterocycles. The minimum atomic E-state index is -0.0687. The molecule has 0 radical (unpaired) electrons. The second-order valence-electron chi connectivity index (χ2n) is 5.81. The molecular formula is C16H27N3O2. The van der Waals surface area contributed by atoms with Gasteiger partial charge in [-0.1, -0.05) is 0 Å². The van der Waals surface area contributed by atoms with Crippen LogP contribution in [-0.4, -0.2) is 64.0 Å². The fraction of sp³-hybridized carbons (Fsp3) is 0.625. The van der Waals surface area contributed by atoms with Gasteiger partial charge in [-0.05, 0) is 31.2 Å². The second-order valence-corrected chi connectivity index (χ2v) is 5.81. The van der Waals surface area contributed by atoms with Gasteiger partial charge >= 0.3 is 0 Å². The molecule has 1 aliphatic heterocycles. The van der Waals surface area contributed by atoms with E-state index in [1.54, 1.807) is 14.2 Å². The van der Waals surface area contributed by atoms with Gasteiger partial charge in [0.25, 0.3) is 0 Å². The van der Waals surface area contributed by atoms with Crippen molar-refractivity contribution >= 4 is 5.69 Å². The Labute approximate surface area is 127 Å². The van der Waals surface area contributed by atoms with Crippen LogP contribution in [0.4, 0.5) is 5.69 Å². The lowest BCUT2D eigenvalue weighted by atomic mass is 10.00. The van der Waals surface area contributed by atoms with Crippen LogP contribution in [0.5, 0.6) is 5.75 Å². The lowest BCUT2D eigenvalue weighted by molar-refractivity contribution is 0.0236. The number of piperazine rings is 1. The third-order valence-corrected chi connectivity index (χ3v) is 4.38. The first-order chi connectivity index (χ1) is 10.1. The highest BCUT2D eigenvalue weighted by Gasteiger charge is 2.33. The molecule has 1 saturated heterocycles. The Bertz CT molecular complexity index is 430. The highest BCUT2D eigenvalue weighted by Crippen LogP contribution is 2.23. The van der Waals surface area contributed by atoms with Gasteiger partial charge in [-0.15, -0.1) is 0 Å². The highest BCUT2D eigenvalue weighted by molar-refractivity contribution is 5.49. The van der Waals surface area contributed by atoms with E-state index >= 15 is 0 Å². The third kappa shape index (κ3) is 3.67. The molecule has 2 N–H and O–H groups in total. The maximum absolute atomic E-state index is 5.95. The molecule has 1 aromatic carbocycles. The summed E-state index contributed by atoms with van der Waals surface area (Å²) in [5.74, 6) is 0.896. The summed E-state index contributed by atoms with van der Waals surface area (Å²) in [6.07, 6.45) is 0. The van der Waals surface area contributed by atoms with Gasteiger partial charge in [0.2, 0.25) is 0 Å². The maximum Gasteiger partial charge on any atom is 0.119 e. The summed E-state index contributed by atoms with van der Waals surface area (Å²) in [6.45, 7) is 7.48. The Hall–Kier alpha value is -1.30. The van der Waals surface area contributed by atoms with Crippen LogP contribution in [0.3, 0.4) is 0 Å². The van der Waals surface area contributed by atoms with E-state index in [9.17, 15) is 0 Å². The van der Waals surface area contributed by atoms with E-state index in [4.69, 9.17) is 15.2 Å². The fourth-order valence-electron chi connectivity index (χ4n) is 2.89. The lowest BCUT2D eigenvalue weighted by Crippen LogP contribution is -2.60. The Kier molecular flexibility index (Phi) is 5.45. The first kappa shape index (κ1) is 16.1. The fourth-order valence-corrected chi connectivity index (χ4v) is 2.89. The number of methoxy groups -OCH3 is 2. The van der Waals surface area contributed by atoms with Gasteiger partial charge < -0.3 is 20.1 Å². The average Bonchev–Trinajstić information content (AvgIpc) is 2.55. The molecule has 0 aromatic heterocycles. The van der Waals surface area contributed by atoms with E-state index in [1.807, 2.05) is 12.1 Å². The molecule has 1 fully saturated rings. The molecule has 2 rings (SSSR count). The van der Waals surface area contributed by atoms with Crippen molar-refractivity contribution in [2.75, 3.05) is 58.5 Å². The third-order valence-electron chi connectivity index (χ3n) is 4.38. The largest absolute Gasteiger partial charge is 0.497 e. The standard InChI is InChI=1S/C16H27N3O2/c1-16(12-17,13-20-2)19-10-8-18(9-11-19)14-4-6-15(21-3)7-5-14/h4-7H,8-13,17H2,1-3H3. The van der Waals surface area contributed by atoms with E-state index in [2.05, 4.69) is 28.9 Å². The van der Waals surface area contributed by atoms with E-state index < -0.39 is 0 Å². The number of nitrogens with two attached hydrogens (primary N) is 1. The van der Waals surface area contributed by atoms with E-state index in [-0.39, 0.29) is 5.54 Å². The van der Waals surface area contributed by atoms with Crippen LogP contribution in [-0.2, 0) is 4.74 Å². The molecule has 1 atom stereocenters. The van der Waals surface area contributed by atoms with E-state index in [1.165, 1.54) is 5.69 Å². The van der Waals surface area contributed by atoms with Crippen LogP contribution >= 0.6 is 0 Å². The van der Waals surface area contributed by atoms with Crippen LogP contribution in [0.1, 0.15) is 6.92 Å². The molecule has 1 aliphatic rings. The van der Waals surface area contributed by atoms with Gasteiger partial charge in [-0.3, -0.25) is 4.90 Å². The minimum absolute atomic E-state index is 0.0687. The van der Waals surface area contributed by atoms with Gasteiger partial charge in [0.1, 0.15) is 5.75 Å². The van der Waals surface area contributed by atoms with Crippen LogP contribution in [0.15, 0.2) is 24.3 Å². The van der Waals surface area contributed by atoms with Gasteiger partial charge in [-0.25, -0.2) is 0 Å². The molecule has 5 nitrogen and oxygen atoms in total. The summed E-state index contributed by atoms with van der Waals surface area (Å²) in [4.78, 5) is 4.84. The highest BCUT2D eigenvalue weighted by atomic mass is 16.5. The first-order valence-corrected chi connectivity index (χ1v) is 7.46. The molecule has 0 bridgehead atoms. The molecule has 5 heteroatoms. The predicted molar refractivity (Wildman–Crippen MR) is 86.1 cm³/mol. The van der Waals surface area contributed by atoms with Crippen molar-refractivity contribution in [3.05, 3.63) is 24.3 Å². The second kappa shape index (κ2) is 7.11. The Morgan fingerprint density at radius 1 is 1.10 bits per heavy atom. The maximum atomic E-state index is 5.95. The molecule has 0 aliphatic carbocycles. The summed E-state index contributed by atoms with van der Waals surface area (Å²) in [6, 6.07) is 8.25. The summed E-state index contributed by atoms with van der Waals surface area (Å²) in [7, 11) is 3.43. The normalized spacial score (nSPS) is 19.3. The van der Waals surface area contributed by atoms with Crippen molar-refractivity contribution in [3.63, 3.8) is 0 Å². The molecule has 21 heavy (non-hydrogen) atoms. The Morgan fingerprint density at radius 2 is 1.71 bits per heavy atom. The number of anilines is 1. The van der Waals surface area contributed by atoms with Crippen LogP contribution in [0.25, 0.3) is 0 Å². The quantitative estimate of drug-likeness (QED) is 0.853. The number of benzene rings is 1. The number of nitrogens with zero attached hydrogens (tertiary/aromatic N) is 2. The predicted octanol–water partition coefficient (Wildman–Crippen LogP) is 1.18. The minimum Gasteiger partial charge on any atom is -0.497 e. The number of rotatable bonds is 6. The molecule has 0 amide bonds. The number of ether oxygens (including phenoxy) is 2. The summed E-state index contributed by atoms with van der Waals surface area (Å²) in [5, 5.41) is 0. The van der Waals surface area contributed by atoms with Gasteiger partial charge in [0, 0.05) is 45.5 Å². The number of hydrogen-bond donors (Lipinski definition) is 1. The summed E-state index contributed by atoms with van der Waals surface area (Å²) in [5.41, 5.74) is 7.13. The zero-order valence-corrected chi connectivity index (χ0v) is 13.3. The summed E-state index contributed by atoms with van der Waals surface area (Å²) < 4.78 is 10.5. The van der Waals surface area contributed by atoms with E-state index in [0.29, 0.717) is 13.2 Å². The van der Waals surface area contributed by atoms with E-state index in [0.717, 1.165) is 31.9 Å². The molecule has 118 valence electrons. The molecule has 1 unspecified atom stereocenters. The van der Waals surface area contributed by atoms with Crippen molar-refractivity contribution in [2.45, 2.75) is 12.5 Å². The van der Waals surface area contributed by atoms with Crippen LogP contribution in [0.2, 0.25) is 0 Å². The molecule has 1 aromatic rings. The van der Waals surface area contributed by atoms with Crippen molar-refractivity contribution in [1.29, 1.82) is 0 Å². The van der Waals surface area contributed by atoms with Gasteiger partial charge in [0.05, 0.1) is 19.3 Å². The van der Waals surface area contributed by atoms with Crippen molar-refractivity contribution < 1.29 is 9.47 Å².